The van der Waals surface area contributed by atoms with Gasteiger partial charge >= 0.3 is 0 Å². The Kier molecular flexibility index (Phi) is 4.57. The number of nitrogens with zero attached hydrogens (tertiary/aromatic N) is 2. The van der Waals surface area contributed by atoms with Crippen molar-refractivity contribution >= 4 is 5.91 Å². The summed E-state index contributed by atoms with van der Waals surface area (Å²) in [4.78, 5) is 16.7. The van der Waals surface area contributed by atoms with Crippen molar-refractivity contribution in [2.24, 2.45) is 11.8 Å². The monoisotopic (exact) mass is 339 g/mol. The molecule has 1 aromatic heterocycles. The van der Waals surface area contributed by atoms with Crippen molar-refractivity contribution in [3.8, 4) is 0 Å². The Morgan fingerprint density at radius 3 is 2.96 bits per heavy atom. The molecule has 5 heteroatoms. The van der Waals surface area contributed by atoms with Crippen LogP contribution in [-0.2, 0) is 22.5 Å². The van der Waals surface area contributed by atoms with Crippen molar-refractivity contribution in [3.05, 3.63) is 54.1 Å². The van der Waals surface area contributed by atoms with Crippen molar-refractivity contribution in [2.45, 2.75) is 44.9 Å². The molecule has 2 aliphatic rings. The lowest BCUT2D eigenvalue weighted by molar-refractivity contribution is -0.127. The number of carbonyl (C=O) groups is 1. The van der Waals surface area contributed by atoms with Gasteiger partial charge in [-0.2, -0.15) is 0 Å². The van der Waals surface area contributed by atoms with Gasteiger partial charge in [-0.1, -0.05) is 30.3 Å². The van der Waals surface area contributed by atoms with E-state index in [4.69, 9.17) is 4.74 Å². The van der Waals surface area contributed by atoms with Gasteiger partial charge < -0.3 is 14.6 Å². The van der Waals surface area contributed by atoms with Crippen LogP contribution in [0.4, 0.5) is 0 Å². The molecule has 2 aromatic rings. The number of imidazole rings is 1. The first-order valence-corrected chi connectivity index (χ1v) is 9.15. The second-order valence-corrected chi connectivity index (χ2v) is 7.15. The number of hydrogen-bond donors (Lipinski definition) is 1. The second kappa shape index (κ2) is 7.00. The zero-order valence-electron chi connectivity index (χ0n) is 14.6. The van der Waals surface area contributed by atoms with Gasteiger partial charge in [-0.25, -0.2) is 4.98 Å². The maximum Gasteiger partial charge on any atom is 0.222 e. The SMILES string of the molecule is Cc1nccn1CCC(=O)N[C@@H]1[C@@H](Cc2ccccc2)[C@H]2OCC[C@@H]12. The number of aryl methyl sites for hydroxylation is 2. The standard InChI is InChI=1S/C20H25N3O2/c1-14-21-9-11-23(14)10-7-18(24)22-19-16-8-12-25-20(16)17(19)13-15-5-3-2-4-6-15/h2-6,9,11,16-17,19-20H,7-8,10,12-13H2,1H3,(H,22,24)/t16-,17+,19-,20-/m0/s1. The van der Waals surface area contributed by atoms with Crippen LogP contribution >= 0.6 is 0 Å². The molecule has 25 heavy (non-hydrogen) atoms. The van der Waals surface area contributed by atoms with E-state index in [1.165, 1.54) is 5.56 Å². The number of nitrogens with one attached hydrogen (secondary N) is 1. The zero-order valence-corrected chi connectivity index (χ0v) is 14.6. The number of carbonyl (C=O) groups excluding carboxylic acids is 1. The Labute approximate surface area is 148 Å². The van der Waals surface area contributed by atoms with E-state index >= 15 is 0 Å². The molecule has 0 radical (unpaired) electrons. The average Bonchev–Trinajstić information content (AvgIpc) is 3.23. The molecule has 5 nitrogen and oxygen atoms in total. The third-order valence-corrected chi connectivity index (χ3v) is 5.67. The van der Waals surface area contributed by atoms with Gasteiger partial charge in [-0.3, -0.25) is 4.79 Å². The molecule has 4 atom stereocenters. The number of amides is 1. The molecule has 1 saturated heterocycles. The summed E-state index contributed by atoms with van der Waals surface area (Å²) in [6.07, 6.45) is 6.51. The fraction of sp³-hybridized carbons (Fsp3) is 0.500. The van der Waals surface area contributed by atoms with Crippen molar-refractivity contribution in [2.75, 3.05) is 6.61 Å². The molecular formula is C20H25N3O2. The van der Waals surface area contributed by atoms with Crippen LogP contribution in [0.2, 0.25) is 0 Å². The first-order chi connectivity index (χ1) is 12.2. The van der Waals surface area contributed by atoms with Gasteiger partial charge in [0.1, 0.15) is 5.82 Å². The van der Waals surface area contributed by atoms with E-state index in [0.29, 0.717) is 30.9 Å². The molecule has 1 aromatic carbocycles. The molecule has 0 spiro atoms. The Morgan fingerprint density at radius 2 is 2.20 bits per heavy atom. The lowest BCUT2D eigenvalue weighted by Crippen LogP contribution is -2.62. The van der Waals surface area contributed by atoms with Crippen molar-refractivity contribution in [1.82, 2.24) is 14.9 Å². The van der Waals surface area contributed by atoms with Crippen molar-refractivity contribution in [3.63, 3.8) is 0 Å². The van der Waals surface area contributed by atoms with Gasteiger partial charge in [0.25, 0.3) is 0 Å². The predicted octanol–water partition coefficient (Wildman–Crippen LogP) is 2.34. The first kappa shape index (κ1) is 16.3. The quantitative estimate of drug-likeness (QED) is 0.879. The molecule has 132 valence electrons. The van der Waals surface area contributed by atoms with Gasteiger partial charge in [-0.15, -0.1) is 0 Å². The van der Waals surface area contributed by atoms with E-state index in [2.05, 4.69) is 34.6 Å². The molecule has 2 fully saturated rings. The van der Waals surface area contributed by atoms with E-state index in [1.807, 2.05) is 23.8 Å². The Morgan fingerprint density at radius 1 is 1.36 bits per heavy atom. The van der Waals surface area contributed by atoms with E-state index in [0.717, 1.165) is 25.3 Å². The fourth-order valence-electron chi connectivity index (χ4n) is 4.29. The van der Waals surface area contributed by atoms with Gasteiger partial charge in [0, 0.05) is 49.8 Å². The highest BCUT2D eigenvalue weighted by molar-refractivity contribution is 5.76. The van der Waals surface area contributed by atoms with Crippen LogP contribution < -0.4 is 5.32 Å². The summed E-state index contributed by atoms with van der Waals surface area (Å²) in [7, 11) is 0. The summed E-state index contributed by atoms with van der Waals surface area (Å²) >= 11 is 0. The molecule has 1 N–H and O–H groups in total. The van der Waals surface area contributed by atoms with Crippen LogP contribution in [0.5, 0.6) is 0 Å². The minimum Gasteiger partial charge on any atom is -0.377 e. The highest BCUT2D eigenvalue weighted by Crippen LogP contribution is 2.45. The molecule has 1 aliphatic carbocycles. The molecule has 1 amide bonds. The lowest BCUT2D eigenvalue weighted by atomic mass is 9.64. The third kappa shape index (κ3) is 3.33. The van der Waals surface area contributed by atoms with Crippen LogP contribution in [0.25, 0.3) is 0 Å². The summed E-state index contributed by atoms with van der Waals surface area (Å²) < 4.78 is 7.94. The second-order valence-electron chi connectivity index (χ2n) is 7.15. The highest BCUT2D eigenvalue weighted by atomic mass is 16.5. The summed E-state index contributed by atoms with van der Waals surface area (Å²) in [5.74, 6) is 1.94. The summed E-state index contributed by atoms with van der Waals surface area (Å²) in [6.45, 7) is 3.46. The van der Waals surface area contributed by atoms with Gasteiger partial charge in [0.2, 0.25) is 5.91 Å². The minimum atomic E-state index is 0.126. The van der Waals surface area contributed by atoms with Gasteiger partial charge in [0.05, 0.1) is 6.10 Å². The molecule has 0 unspecified atom stereocenters. The van der Waals surface area contributed by atoms with Gasteiger partial charge in [-0.05, 0) is 25.3 Å². The number of fused-ring (bicyclic) bond motifs is 1. The van der Waals surface area contributed by atoms with Crippen molar-refractivity contribution < 1.29 is 9.53 Å². The molecule has 0 bridgehead atoms. The third-order valence-electron chi connectivity index (χ3n) is 5.67. The zero-order chi connectivity index (χ0) is 17.2. The minimum absolute atomic E-state index is 0.126. The topological polar surface area (TPSA) is 56.2 Å². The van der Waals surface area contributed by atoms with Crippen LogP contribution in [0.15, 0.2) is 42.7 Å². The molecular weight excluding hydrogens is 314 g/mol. The Bertz CT molecular complexity index is 728. The van der Waals surface area contributed by atoms with Crippen LogP contribution in [0, 0.1) is 18.8 Å². The Balaban J connectivity index is 1.36. The number of benzene rings is 1. The maximum atomic E-state index is 12.5. The first-order valence-electron chi connectivity index (χ1n) is 9.15. The largest absolute Gasteiger partial charge is 0.377 e. The number of rotatable bonds is 6. The fourth-order valence-corrected chi connectivity index (χ4v) is 4.29. The molecule has 1 saturated carbocycles. The van der Waals surface area contributed by atoms with Crippen LogP contribution in [0.3, 0.4) is 0 Å². The summed E-state index contributed by atoms with van der Waals surface area (Å²) in [6, 6.07) is 10.7. The summed E-state index contributed by atoms with van der Waals surface area (Å²) in [5.41, 5.74) is 1.31. The molecule has 1 aliphatic heterocycles. The lowest BCUT2D eigenvalue weighted by Gasteiger charge is -2.48. The highest BCUT2D eigenvalue weighted by Gasteiger charge is 2.53. The van der Waals surface area contributed by atoms with E-state index in [1.54, 1.807) is 6.20 Å². The number of aromatic nitrogens is 2. The van der Waals surface area contributed by atoms with Gasteiger partial charge in [0.15, 0.2) is 0 Å². The molecule has 2 heterocycles. The van der Waals surface area contributed by atoms with Crippen LogP contribution in [0.1, 0.15) is 24.2 Å². The number of hydrogen-bond acceptors (Lipinski definition) is 3. The van der Waals surface area contributed by atoms with E-state index < -0.39 is 0 Å². The predicted molar refractivity (Wildman–Crippen MR) is 95.0 cm³/mol. The number of ether oxygens (including phenoxy) is 1. The van der Waals surface area contributed by atoms with Crippen LogP contribution in [-0.4, -0.2) is 34.2 Å². The maximum absolute atomic E-state index is 12.5. The molecule has 4 rings (SSSR count). The van der Waals surface area contributed by atoms with E-state index in [9.17, 15) is 4.79 Å². The van der Waals surface area contributed by atoms with Crippen molar-refractivity contribution in [1.29, 1.82) is 0 Å². The summed E-state index contributed by atoms with van der Waals surface area (Å²) in [5, 5.41) is 3.29. The average molecular weight is 339 g/mol. The van der Waals surface area contributed by atoms with E-state index in [-0.39, 0.29) is 11.9 Å². The normalized spacial score (nSPS) is 27.6. The smallest absolute Gasteiger partial charge is 0.222 e. The Hall–Kier alpha value is -2.14.